The van der Waals surface area contributed by atoms with E-state index in [9.17, 15) is 18.0 Å². The van der Waals surface area contributed by atoms with Gasteiger partial charge in [0.25, 0.3) is 0 Å². The molecule has 1 N–H and O–H groups in total. The van der Waals surface area contributed by atoms with Gasteiger partial charge in [-0.25, -0.2) is 0 Å². The Morgan fingerprint density at radius 3 is 2.57 bits per heavy atom. The van der Waals surface area contributed by atoms with Crippen molar-refractivity contribution in [2.45, 2.75) is 57.8 Å². The molecule has 11 heteroatoms. The minimum atomic E-state index is -4.61. The summed E-state index contributed by atoms with van der Waals surface area (Å²) >= 11 is 11.8. The molecule has 0 aromatic carbocycles. The molecule has 1 fully saturated rings. The molecule has 0 atom stereocenters. The summed E-state index contributed by atoms with van der Waals surface area (Å²) in [6.45, 7) is 2.89. The van der Waals surface area contributed by atoms with Gasteiger partial charge in [0.2, 0.25) is 5.91 Å². The highest BCUT2D eigenvalue weighted by molar-refractivity contribution is 6.32. The van der Waals surface area contributed by atoms with E-state index in [2.05, 4.69) is 15.5 Å². The van der Waals surface area contributed by atoms with Gasteiger partial charge in [0.05, 0.1) is 28.0 Å². The molecule has 2 heterocycles. The predicted molar refractivity (Wildman–Crippen MR) is 98.4 cm³/mol. The second kappa shape index (κ2) is 8.32. The summed E-state index contributed by atoms with van der Waals surface area (Å²) in [7, 11) is 0. The number of halogens is 5. The van der Waals surface area contributed by atoms with Gasteiger partial charge >= 0.3 is 6.18 Å². The van der Waals surface area contributed by atoms with Crippen LogP contribution in [-0.2, 0) is 24.1 Å². The van der Waals surface area contributed by atoms with Crippen LogP contribution in [0.3, 0.4) is 0 Å². The largest absolute Gasteiger partial charge is 0.436 e. The number of carbonyl (C=O) groups excluding carboxylic acids is 1. The second-order valence-corrected chi connectivity index (χ2v) is 7.61. The highest BCUT2D eigenvalue weighted by Crippen LogP contribution is 2.46. The monoisotopic (exact) mass is 437 g/mol. The number of aryl methyl sites for hydroxylation is 3. The van der Waals surface area contributed by atoms with Crippen LogP contribution in [0, 0.1) is 6.92 Å². The summed E-state index contributed by atoms with van der Waals surface area (Å²) in [4.78, 5) is 12.0. The maximum atomic E-state index is 13.0. The van der Waals surface area contributed by atoms with Crippen LogP contribution in [0.1, 0.15) is 48.7 Å². The molecule has 1 amide bonds. The topological polar surface area (TPSA) is 64.7 Å². The Morgan fingerprint density at radius 1 is 1.29 bits per heavy atom. The van der Waals surface area contributed by atoms with Gasteiger partial charge in [-0.3, -0.25) is 14.2 Å². The summed E-state index contributed by atoms with van der Waals surface area (Å²) in [5.74, 6) is -0.264. The van der Waals surface area contributed by atoms with Crippen molar-refractivity contribution in [3.05, 3.63) is 33.3 Å². The molecule has 2 aromatic rings. The quantitative estimate of drug-likeness (QED) is 0.629. The first-order valence-electron chi connectivity index (χ1n) is 8.96. The highest BCUT2D eigenvalue weighted by atomic mass is 35.5. The molecule has 0 bridgehead atoms. The third-order valence-corrected chi connectivity index (χ3v) is 5.23. The molecule has 6 nitrogen and oxygen atoms in total. The van der Waals surface area contributed by atoms with Crippen LogP contribution in [0.25, 0.3) is 0 Å². The van der Waals surface area contributed by atoms with Gasteiger partial charge in [0.15, 0.2) is 5.69 Å². The normalized spacial score (nSPS) is 14.5. The van der Waals surface area contributed by atoms with E-state index >= 15 is 0 Å². The number of nitrogens with one attached hydrogen (secondary N) is 1. The zero-order chi connectivity index (χ0) is 20.5. The number of nitrogens with zero attached hydrogens (tertiary/aromatic N) is 4. The molecule has 1 aliphatic carbocycles. The third kappa shape index (κ3) is 5.00. The lowest BCUT2D eigenvalue weighted by molar-refractivity contribution is -0.141. The molecule has 154 valence electrons. The lowest BCUT2D eigenvalue weighted by Gasteiger charge is -2.08. The van der Waals surface area contributed by atoms with Crippen molar-refractivity contribution in [3.8, 4) is 0 Å². The van der Waals surface area contributed by atoms with Gasteiger partial charge in [-0.1, -0.05) is 23.2 Å². The van der Waals surface area contributed by atoms with E-state index in [0.717, 1.165) is 18.5 Å². The molecule has 1 aliphatic rings. The molecule has 0 saturated heterocycles. The van der Waals surface area contributed by atoms with Crippen LogP contribution < -0.4 is 5.32 Å². The number of hydrogen-bond acceptors (Lipinski definition) is 3. The summed E-state index contributed by atoms with van der Waals surface area (Å²) < 4.78 is 42.1. The Kier molecular flexibility index (Phi) is 6.24. The van der Waals surface area contributed by atoms with Crippen molar-refractivity contribution in [1.82, 2.24) is 24.9 Å². The number of hydrogen-bond donors (Lipinski definition) is 1. The first kappa shape index (κ1) is 21.0. The fourth-order valence-corrected chi connectivity index (χ4v) is 3.47. The number of aromatic nitrogens is 4. The van der Waals surface area contributed by atoms with E-state index in [4.69, 9.17) is 23.2 Å². The molecule has 3 rings (SSSR count). The SMILES string of the molecule is Cc1nn(CCCNC(=O)CCn2nc(C(F)(F)F)c(Cl)c2C2CC2)cc1Cl. The molecule has 0 radical (unpaired) electrons. The van der Waals surface area contributed by atoms with Gasteiger partial charge in [0.1, 0.15) is 0 Å². The van der Waals surface area contributed by atoms with Crippen molar-refractivity contribution < 1.29 is 18.0 Å². The fourth-order valence-electron chi connectivity index (χ4n) is 2.92. The van der Waals surface area contributed by atoms with E-state index in [1.807, 2.05) is 6.92 Å². The molecule has 0 spiro atoms. The lowest BCUT2D eigenvalue weighted by Crippen LogP contribution is -2.26. The molecule has 2 aromatic heterocycles. The maximum Gasteiger partial charge on any atom is 0.436 e. The standard InChI is InChI=1S/C17H20Cl2F3N5O/c1-10-12(18)9-26(24-10)7-2-6-23-13(28)5-8-27-15(11-3-4-11)14(19)16(25-27)17(20,21)22/h9,11H,2-8H2,1H3,(H,23,28). The van der Waals surface area contributed by atoms with Gasteiger partial charge in [-0.05, 0) is 26.2 Å². The smallest absolute Gasteiger partial charge is 0.356 e. The molecule has 1 saturated carbocycles. The van der Waals surface area contributed by atoms with Crippen LogP contribution in [0.4, 0.5) is 13.2 Å². The van der Waals surface area contributed by atoms with Crippen LogP contribution in [-0.4, -0.2) is 32.0 Å². The van der Waals surface area contributed by atoms with E-state index < -0.39 is 11.9 Å². The van der Waals surface area contributed by atoms with E-state index in [1.165, 1.54) is 4.68 Å². The summed E-state index contributed by atoms with van der Waals surface area (Å²) in [5.41, 5.74) is 0.0469. The average molecular weight is 438 g/mol. The van der Waals surface area contributed by atoms with Crippen molar-refractivity contribution in [3.63, 3.8) is 0 Å². The van der Waals surface area contributed by atoms with E-state index in [0.29, 0.717) is 30.2 Å². The van der Waals surface area contributed by atoms with Gasteiger partial charge < -0.3 is 5.32 Å². The zero-order valence-corrected chi connectivity index (χ0v) is 16.7. The van der Waals surface area contributed by atoms with Gasteiger partial charge in [-0.15, -0.1) is 0 Å². The van der Waals surface area contributed by atoms with Gasteiger partial charge in [-0.2, -0.15) is 23.4 Å². The first-order valence-corrected chi connectivity index (χ1v) is 9.72. The Balaban J connectivity index is 1.49. The van der Waals surface area contributed by atoms with E-state index in [-0.39, 0.29) is 29.8 Å². The highest BCUT2D eigenvalue weighted by Gasteiger charge is 2.41. The number of carbonyl (C=O) groups is 1. The van der Waals surface area contributed by atoms with E-state index in [1.54, 1.807) is 10.9 Å². The fraction of sp³-hybridized carbons (Fsp3) is 0.588. The Labute approximate surface area is 170 Å². The average Bonchev–Trinajstić information content (AvgIpc) is 3.31. The lowest BCUT2D eigenvalue weighted by atomic mass is 10.2. The Morgan fingerprint density at radius 2 is 2.00 bits per heavy atom. The van der Waals surface area contributed by atoms with Crippen LogP contribution >= 0.6 is 23.2 Å². The zero-order valence-electron chi connectivity index (χ0n) is 15.2. The Hall–Kier alpha value is -1.74. The molecule has 0 aliphatic heterocycles. The summed E-state index contributed by atoms with van der Waals surface area (Å²) in [6.07, 6.45) is -0.637. The Bertz CT molecular complexity index is 838. The molecular weight excluding hydrogens is 418 g/mol. The molecular formula is C17H20Cl2F3N5O. The van der Waals surface area contributed by atoms with Crippen molar-refractivity contribution in [1.29, 1.82) is 0 Å². The minimum Gasteiger partial charge on any atom is -0.356 e. The maximum absolute atomic E-state index is 13.0. The number of alkyl halides is 3. The number of rotatable bonds is 8. The van der Waals surface area contributed by atoms with Crippen LogP contribution in [0.2, 0.25) is 10.0 Å². The molecule has 28 heavy (non-hydrogen) atoms. The predicted octanol–water partition coefficient (Wildman–Crippen LogP) is 4.19. The summed E-state index contributed by atoms with van der Waals surface area (Å²) in [5, 5.41) is 10.8. The molecule has 0 unspecified atom stereocenters. The second-order valence-electron chi connectivity index (χ2n) is 6.82. The first-order chi connectivity index (χ1) is 13.2. The van der Waals surface area contributed by atoms with Crippen molar-refractivity contribution in [2.75, 3.05) is 6.54 Å². The summed E-state index contributed by atoms with van der Waals surface area (Å²) in [6, 6.07) is 0. The third-order valence-electron chi connectivity index (χ3n) is 4.49. The van der Waals surface area contributed by atoms with Crippen LogP contribution in [0.5, 0.6) is 0 Å². The van der Waals surface area contributed by atoms with Crippen molar-refractivity contribution in [2.24, 2.45) is 0 Å². The van der Waals surface area contributed by atoms with Crippen molar-refractivity contribution >= 4 is 29.1 Å². The van der Waals surface area contributed by atoms with Crippen LogP contribution in [0.15, 0.2) is 6.20 Å². The van der Waals surface area contributed by atoms with Gasteiger partial charge in [0, 0.05) is 31.6 Å². The number of amides is 1. The minimum absolute atomic E-state index is 0.0106.